The Morgan fingerprint density at radius 3 is 3.00 bits per heavy atom. The van der Waals surface area contributed by atoms with Gasteiger partial charge in [0, 0.05) is 5.92 Å². The summed E-state index contributed by atoms with van der Waals surface area (Å²) >= 11 is 1.32. The fourth-order valence-electron chi connectivity index (χ4n) is 0.662. The molecule has 0 bridgehead atoms. The maximum Gasteiger partial charge on any atom is 0.174 e. The number of aromatic nitrogens is 2. The van der Waals surface area contributed by atoms with Gasteiger partial charge in [0.05, 0.1) is 0 Å². The van der Waals surface area contributed by atoms with Gasteiger partial charge in [0.15, 0.2) is 5.51 Å². The molecular formula is C5H5N2S. The Labute approximate surface area is 51.7 Å². The van der Waals surface area contributed by atoms with Crippen molar-refractivity contribution in [1.82, 2.24) is 9.36 Å². The van der Waals surface area contributed by atoms with Gasteiger partial charge in [-0.3, -0.25) is 0 Å². The van der Waals surface area contributed by atoms with E-state index in [1.165, 1.54) is 24.4 Å². The van der Waals surface area contributed by atoms with Crippen molar-refractivity contribution in [1.29, 1.82) is 0 Å². The Morgan fingerprint density at radius 1 is 1.62 bits per heavy atom. The minimum Gasteiger partial charge on any atom is -0.216 e. The van der Waals surface area contributed by atoms with Crippen molar-refractivity contribution in [2.24, 2.45) is 0 Å². The van der Waals surface area contributed by atoms with E-state index >= 15 is 0 Å². The molecule has 8 heavy (non-hydrogen) atoms. The van der Waals surface area contributed by atoms with E-state index in [2.05, 4.69) is 14.9 Å². The fraction of sp³-hybridized carbons (Fsp3) is 0.600. The van der Waals surface area contributed by atoms with Gasteiger partial charge in [-0.25, -0.2) is 4.98 Å². The Morgan fingerprint density at radius 2 is 2.50 bits per heavy atom. The molecule has 2 rings (SSSR count). The van der Waals surface area contributed by atoms with Gasteiger partial charge in [-0.1, -0.05) is 0 Å². The van der Waals surface area contributed by atoms with Gasteiger partial charge in [-0.05, 0) is 24.4 Å². The molecule has 0 N–H and O–H groups in total. The summed E-state index contributed by atoms with van der Waals surface area (Å²) in [6.07, 6.45) is 2.56. The molecule has 0 spiro atoms. The Bertz CT molecular complexity index is 167. The zero-order chi connectivity index (χ0) is 5.40. The third-order valence-electron chi connectivity index (χ3n) is 1.28. The van der Waals surface area contributed by atoms with Crippen molar-refractivity contribution in [3.63, 3.8) is 0 Å². The lowest BCUT2D eigenvalue weighted by atomic mass is 10.4. The quantitative estimate of drug-likeness (QED) is 0.564. The van der Waals surface area contributed by atoms with Crippen LogP contribution in [0.15, 0.2) is 0 Å². The molecule has 41 valence electrons. The molecule has 1 fully saturated rings. The summed E-state index contributed by atoms with van der Waals surface area (Å²) in [6.45, 7) is 0. The van der Waals surface area contributed by atoms with Crippen molar-refractivity contribution in [3.8, 4) is 0 Å². The summed E-state index contributed by atoms with van der Waals surface area (Å²) in [6, 6.07) is 0. The molecular weight excluding hydrogens is 120 g/mol. The number of hydrogen-bond acceptors (Lipinski definition) is 3. The molecule has 1 heterocycles. The first kappa shape index (κ1) is 4.44. The molecule has 1 aromatic rings. The average molecular weight is 125 g/mol. The monoisotopic (exact) mass is 125 g/mol. The first-order chi connectivity index (χ1) is 3.97. The molecule has 1 aliphatic carbocycles. The standard InChI is InChI=1S/C5H5N2S/c1-2-4(1)5-6-3-8-7-5/h4H,1-2H2. The highest BCUT2D eigenvalue weighted by Gasteiger charge is 2.26. The van der Waals surface area contributed by atoms with Crippen molar-refractivity contribution < 1.29 is 0 Å². The zero-order valence-electron chi connectivity index (χ0n) is 4.29. The van der Waals surface area contributed by atoms with Gasteiger partial charge >= 0.3 is 0 Å². The zero-order valence-corrected chi connectivity index (χ0v) is 5.11. The number of nitrogens with zero attached hydrogens (tertiary/aromatic N) is 2. The molecule has 0 atom stereocenters. The van der Waals surface area contributed by atoms with Crippen LogP contribution in [0, 0.1) is 5.51 Å². The maximum absolute atomic E-state index is 4.05. The van der Waals surface area contributed by atoms with E-state index in [-0.39, 0.29) is 0 Å². The lowest BCUT2D eigenvalue weighted by Gasteiger charge is -1.78. The highest BCUT2D eigenvalue weighted by molar-refractivity contribution is 7.02. The molecule has 0 unspecified atom stereocenters. The molecule has 0 aliphatic heterocycles. The summed E-state index contributed by atoms with van der Waals surface area (Å²) in [4.78, 5) is 3.96. The first-order valence-corrected chi connectivity index (χ1v) is 3.44. The van der Waals surface area contributed by atoms with Gasteiger partial charge in [0.2, 0.25) is 0 Å². The minimum atomic E-state index is 0.692. The maximum atomic E-state index is 4.05. The highest BCUT2D eigenvalue weighted by Crippen LogP contribution is 2.37. The lowest BCUT2D eigenvalue weighted by molar-refractivity contribution is 0.984. The highest BCUT2D eigenvalue weighted by atomic mass is 32.1. The van der Waals surface area contributed by atoms with Crippen molar-refractivity contribution in [2.45, 2.75) is 18.8 Å². The smallest absolute Gasteiger partial charge is 0.174 e. The van der Waals surface area contributed by atoms with Crippen LogP contribution < -0.4 is 0 Å². The van der Waals surface area contributed by atoms with Crippen LogP contribution >= 0.6 is 11.5 Å². The van der Waals surface area contributed by atoms with Crippen LogP contribution in [-0.4, -0.2) is 9.36 Å². The van der Waals surface area contributed by atoms with Gasteiger partial charge < -0.3 is 0 Å². The van der Waals surface area contributed by atoms with E-state index in [0.29, 0.717) is 5.92 Å². The fourth-order valence-corrected chi connectivity index (χ4v) is 1.12. The molecule has 0 saturated heterocycles. The normalized spacial score (nSPS) is 19.0. The molecule has 3 heteroatoms. The van der Waals surface area contributed by atoms with Crippen molar-refractivity contribution in [2.75, 3.05) is 0 Å². The molecule has 1 radical (unpaired) electrons. The Kier molecular flexibility index (Phi) is 0.842. The summed E-state index contributed by atoms with van der Waals surface area (Å²) in [5, 5.41) is 0. The summed E-state index contributed by atoms with van der Waals surface area (Å²) < 4.78 is 4.05. The molecule has 0 aromatic carbocycles. The van der Waals surface area contributed by atoms with E-state index in [9.17, 15) is 0 Å². The molecule has 1 saturated carbocycles. The van der Waals surface area contributed by atoms with Crippen LogP contribution in [0.2, 0.25) is 0 Å². The van der Waals surface area contributed by atoms with Crippen molar-refractivity contribution in [3.05, 3.63) is 11.3 Å². The summed E-state index contributed by atoms with van der Waals surface area (Å²) in [7, 11) is 0. The molecule has 1 aliphatic rings. The van der Waals surface area contributed by atoms with Crippen LogP contribution in [0.3, 0.4) is 0 Å². The second-order valence-corrected chi connectivity index (χ2v) is 2.57. The predicted molar refractivity (Wildman–Crippen MR) is 30.7 cm³/mol. The van der Waals surface area contributed by atoms with Crippen LogP contribution in [0.25, 0.3) is 0 Å². The molecule has 1 aromatic heterocycles. The van der Waals surface area contributed by atoms with Gasteiger partial charge in [-0.2, -0.15) is 4.37 Å². The average Bonchev–Trinajstić information content (AvgIpc) is 2.49. The predicted octanol–water partition coefficient (Wildman–Crippen LogP) is 1.22. The van der Waals surface area contributed by atoms with Crippen molar-refractivity contribution >= 4 is 11.5 Å². The topological polar surface area (TPSA) is 25.8 Å². The lowest BCUT2D eigenvalue weighted by Crippen LogP contribution is -1.78. The Balaban J connectivity index is 2.28. The van der Waals surface area contributed by atoms with E-state index in [1.54, 1.807) is 0 Å². The Hall–Kier alpha value is -0.440. The SMILES string of the molecule is [c]1nc(C2CC2)ns1. The molecule has 2 nitrogen and oxygen atoms in total. The summed E-state index contributed by atoms with van der Waals surface area (Å²) in [5.41, 5.74) is 2.73. The third-order valence-corrected chi connectivity index (χ3v) is 1.73. The van der Waals surface area contributed by atoms with Crippen LogP contribution in [-0.2, 0) is 0 Å². The molecule has 0 amide bonds. The first-order valence-electron chi connectivity index (χ1n) is 2.66. The number of rotatable bonds is 1. The summed E-state index contributed by atoms with van der Waals surface area (Å²) in [5.74, 6) is 1.70. The van der Waals surface area contributed by atoms with E-state index in [0.717, 1.165) is 5.82 Å². The third kappa shape index (κ3) is 0.629. The van der Waals surface area contributed by atoms with E-state index < -0.39 is 0 Å². The van der Waals surface area contributed by atoms with Gasteiger partial charge in [0.25, 0.3) is 0 Å². The largest absolute Gasteiger partial charge is 0.216 e. The van der Waals surface area contributed by atoms with Gasteiger partial charge in [-0.15, -0.1) is 0 Å². The van der Waals surface area contributed by atoms with Gasteiger partial charge in [0.1, 0.15) is 5.82 Å². The van der Waals surface area contributed by atoms with Crippen LogP contribution in [0.1, 0.15) is 24.6 Å². The van der Waals surface area contributed by atoms with E-state index in [1.807, 2.05) is 0 Å². The second-order valence-electron chi connectivity index (χ2n) is 2.02. The van der Waals surface area contributed by atoms with Crippen LogP contribution in [0.5, 0.6) is 0 Å². The minimum absolute atomic E-state index is 0.692. The number of hydrogen-bond donors (Lipinski definition) is 0. The van der Waals surface area contributed by atoms with E-state index in [4.69, 9.17) is 0 Å². The van der Waals surface area contributed by atoms with Crippen LogP contribution in [0.4, 0.5) is 0 Å². The second kappa shape index (κ2) is 1.52.